The summed E-state index contributed by atoms with van der Waals surface area (Å²) < 4.78 is 1.61. The van der Waals surface area contributed by atoms with Crippen LogP contribution in [-0.4, -0.2) is 27.2 Å². The Morgan fingerprint density at radius 1 is 1.64 bits per heavy atom. The highest BCUT2D eigenvalue weighted by Crippen LogP contribution is 1.87. The standard InChI is InChI=1S/C9H12N4O/c1-2-3-5-11-9(14)4-6-13-8-10-7-12-13/h1,7-8H,3-6H2,(H,11,14). The zero-order valence-corrected chi connectivity index (χ0v) is 7.81. The molecule has 0 radical (unpaired) electrons. The monoisotopic (exact) mass is 192 g/mol. The van der Waals surface area contributed by atoms with Gasteiger partial charge in [-0.25, -0.2) is 4.98 Å². The van der Waals surface area contributed by atoms with Crippen LogP contribution in [0.15, 0.2) is 12.7 Å². The molecule has 1 rings (SSSR count). The second kappa shape index (κ2) is 5.75. The van der Waals surface area contributed by atoms with Crippen LogP contribution in [0.2, 0.25) is 0 Å². The van der Waals surface area contributed by atoms with Crippen molar-refractivity contribution in [3.63, 3.8) is 0 Å². The largest absolute Gasteiger partial charge is 0.355 e. The number of aryl methyl sites for hydroxylation is 1. The number of nitrogens with zero attached hydrogens (tertiary/aromatic N) is 3. The molecule has 14 heavy (non-hydrogen) atoms. The van der Waals surface area contributed by atoms with Gasteiger partial charge in [-0.2, -0.15) is 5.10 Å². The third kappa shape index (κ3) is 3.72. The lowest BCUT2D eigenvalue weighted by Crippen LogP contribution is -2.25. The molecule has 1 N–H and O–H groups in total. The minimum atomic E-state index is -0.0178. The van der Waals surface area contributed by atoms with E-state index in [1.165, 1.54) is 6.33 Å². The number of aromatic nitrogens is 3. The van der Waals surface area contributed by atoms with Gasteiger partial charge in [-0.05, 0) is 0 Å². The average molecular weight is 192 g/mol. The van der Waals surface area contributed by atoms with E-state index in [4.69, 9.17) is 6.42 Å². The first-order valence-electron chi connectivity index (χ1n) is 4.35. The fourth-order valence-electron chi connectivity index (χ4n) is 0.927. The van der Waals surface area contributed by atoms with E-state index in [1.807, 2.05) is 0 Å². The van der Waals surface area contributed by atoms with Crippen molar-refractivity contribution in [2.45, 2.75) is 19.4 Å². The molecule has 0 spiro atoms. The maximum absolute atomic E-state index is 11.2. The zero-order chi connectivity index (χ0) is 10.2. The fraction of sp³-hybridized carbons (Fsp3) is 0.444. The first kappa shape index (κ1) is 10.3. The van der Waals surface area contributed by atoms with E-state index < -0.39 is 0 Å². The molecule has 0 bridgehead atoms. The van der Waals surface area contributed by atoms with Crippen LogP contribution in [-0.2, 0) is 11.3 Å². The molecule has 5 nitrogen and oxygen atoms in total. The van der Waals surface area contributed by atoms with Gasteiger partial charge in [0.15, 0.2) is 0 Å². The number of nitrogens with one attached hydrogen (secondary N) is 1. The van der Waals surface area contributed by atoms with Gasteiger partial charge in [0.1, 0.15) is 12.7 Å². The first-order chi connectivity index (χ1) is 6.83. The number of hydrogen-bond donors (Lipinski definition) is 1. The number of carbonyl (C=O) groups is 1. The summed E-state index contributed by atoms with van der Waals surface area (Å²) in [5, 5.41) is 6.58. The number of hydrogen-bond acceptors (Lipinski definition) is 3. The molecule has 74 valence electrons. The van der Waals surface area contributed by atoms with E-state index in [9.17, 15) is 4.79 Å². The minimum Gasteiger partial charge on any atom is -0.355 e. The van der Waals surface area contributed by atoms with Crippen LogP contribution in [0.3, 0.4) is 0 Å². The molecule has 1 heterocycles. The Morgan fingerprint density at radius 3 is 3.14 bits per heavy atom. The van der Waals surface area contributed by atoms with Gasteiger partial charge in [0.05, 0.1) is 6.54 Å². The van der Waals surface area contributed by atoms with Crippen molar-refractivity contribution in [2.24, 2.45) is 0 Å². The Morgan fingerprint density at radius 2 is 2.50 bits per heavy atom. The molecular weight excluding hydrogens is 180 g/mol. The first-order valence-corrected chi connectivity index (χ1v) is 4.35. The van der Waals surface area contributed by atoms with Gasteiger partial charge >= 0.3 is 0 Å². The normalized spacial score (nSPS) is 9.36. The maximum atomic E-state index is 11.2. The SMILES string of the molecule is C#CCCNC(=O)CCn1cncn1. The summed E-state index contributed by atoms with van der Waals surface area (Å²) in [5.41, 5.74) is 0. The Kier molecular flexibility index (Phi) is 4.21. The molecule has 1 amide bonds. The summed E-state index contributed by atoms with van der Waals surface area (Å²) in [6, 6.07) is 0. The van der Waals surface area contributed by atoms with Gasteiger partial charge in [-0.1, -0.05) is 0 Å². The molecule has 0 saturated heterocycles. The fourth-order valence-corrected chi connectivity index (χ4v) is 0.927. The van der Waals surface area contributed by atoms with Crippen molar-refractivity contribution < 1.29 is 4.79 Å². The summed E-state index contributed by atoms with van der Waals surface area (Å²) >= 11 is 0. The molecular formula is C9H12N4O. The van der Waals surface area contributed by atoms with E-state index in [2.05, 4.69) is 21.3 Å². The number of carbonyl (C=O) groups excluding carboxylic acids is 1. The summed E-state index contributed by atoms with van der Waals surface area (Å²) in [6.07, 6.45) is 9.02. The van der Waals surface area contributed by atoms with Gasteiger partial charge < -0.3 is 5.32 Å². The van der Waals surface area contributed by atoms with E-state index in [0.717, 1.165) is 0 Å². The summed E-state index contributed by atoms with van der Waals surface area (Å²) in [5.74, 6) is 2.43. The summed E-state index contributed by atoms with van der Waals surface area (Å²) in [4.78, 5) is 14.9. The van der Waals surface area contributed by atoms with Crippen LogP contribution in [0.25, 0.3) is 0 Å². The predicted octanol–water partition coefficient (Wildman–Crippen LogP) is -0.192. The smallest absolute Gasteiger partial charge is 0.221 e. The number of rotatable bonds is 5. The highest BCUT2D eigenvalue weighted by atomic mass is 16.1. The van der Waals surface area contributed by atoms with Gasteiger partial charge in [-0.15, -0.1) is 12.3 Å². The molecule has 0 aromatic carbocycles. The van der Waals surface area contributed by atoms with Crippen molar-refractivity contribution >= 4 is 5.91 Å². The minimum absolute atomic E-state index is 0.0178. The van der Waals surface area contributed by atoms with Crippen molar-refractivity contribution in [3.8, 4) is 12.3 Å². The molecule has 0 saturated carbocycles. The van der Waals surface area contributed by atoms with Crippen LogP contribution >= 0.6 is 0 Å². The molecule has 0 aliphatic heterocycles. The number of amides is 1. The van der Waals surface area contributed by atoms with Crippen molar-refractivity contribution in [1.29, 1.82) is 0 Å². The lowest BCUT2D eigenvalue weighted by atomic mass is 10.3. The summed E-state index contributed by atoms with van der Waals surface area (Å²) in [7, 11) is 0. The van der Waals surface area contributed by atoms with E-state index in [1.54, 1.807) is 11.0 Å². The second-order valence-electron chi connectivity index (χ2n) is 2.71. The van der Waals surface area contributed by atoms with Crippen molar-refractivity contribution in [3.05, 3.63) is 12.7 Å². The molecule has 5 heteroatoms. The molecule has 1 aromatic heterocycles. The van der Waals surface area contributed by atoms with Crippen molar-refractivity contribution in [2.75, 3.05) is 6.54 Å². The van der Waals surface area contributed by atoms with E-state index in [0.29, 0.717) is 25.9 Å². The van der Waals surface area contributed by atoms with Crippen LogP contribution in [0.1, 0.15) is 12.8 Å². The Balaban J connectivity index is 2.13. The lowest BCUT2D eigenvalue weighted by molar-refractivity contribution is -0.121. The van der Waals surface area contributed by atoms with Gasteiger partial charge in [0.2, 0.25) is 5.91 Å². The lowest BCUT2D eigenvalue weighted by Gasteiger charge is -2.02. The van der Waals surface area contributed by atoms with E-state index >= 15 is 0 Å². The third-order valence-electron chi connectivity index (χ3n) is 1.63. The van der Waals surface area contributed by atoms with Crippen LogP contribution < -0.4 is 5.32 Å². The van der Waals surface area contributed by atoms with E-state index in [-0.39, 0.29) is 5.91 Å². The molecule has 0 unspecified atom stereocenters. The Labute approximate surface area is 82.5 Å². The quantitative estimate of drug-likeness (QED) is 0.519. The molecule has 0 aliphatic rings. The molecule has 0 atom stereocenters. The van der Waals surface area contributed by atoms with Crippen molar-refractivity contribution in [1.82, 2.24) is 20.1 Å². The van der Waals surface area contributed by atoms with Crippen LogP contribution in [0.5, 0.6) is 0 Å². The predicted molar refractivity (Wildman–Crippen MR) is 51.1 cm³/mol. The Bertz CT molecular complexity index is 312. The average Bonchev–Trinajstić information content (AvgIpc) is 2.68. The zero-order valence-electron chi connectivity index (χ0n) is 7.81. The highest BCUT2D eigenvalue weighted by Gasteiger charge is 2.00. The molecule has 0 fully saturated rings. The van der Waals surface area contributed by atoms with Gasteiger partial charge in [0, 0.05) is 19.4 Å². The van der Waals surface area contributed by atoms with Crippen LogP contribution in [0.4, 0.5) is 0 Å². The topological polar surface area (TPSA) is 59.8 Å². The maximum Gasteiger partial charge on any atom is 0.221 e. The second-order valence-corrected chi connectivity index (χ2v) is 2.71. The van der Waals surface area contributed by atoms with Gasteiger partial charge in [-0.3, -0.25) is 9.48 Å². The summed E-state index contributed by atoms with van der Waals surface area (Å²) in [6.45, 7) is 1.08. The third-order valence-corrected chi connectivity index (χ3v) is 1.63. The molecule has 0 aliphatic carbocycles. The Hall–Kier alpha value is -1.83. The van der Waals surface area contributed by atoms with Crippen LogP contribution in [0, 0.1) is 12.3 Å². The number of terminal acetylenes is 1. The molecule has 1 aromatic rings. The van der Waals surface area contributed by atoms with Gasteiger partial charge in [0.25, 0.3) is 0 Å². The highest BCUT2D eigenvalue weighted by molar-refractivity contribution is 5.75.